The van der Waals surface area contributed by atoms with Crippen LogP contribution in [-0.4, -0.2) is 30.3 Å². The predicted molar refractivity (Wildman–Crippen MR) is 72.3 cm³/mol. The van der Waals surface area contributed by atoms with Gasteiger partial charge in [0.25, 0.3) is 0 Å². The van der Waals surface area contributed by atoms with Crippen molar-refractivity contribution in [2.24, 2.45) is 5.92 Å². The van der Waals surface area contributed by atoms with Crippen molar-refractivity contribution in [1.29, 1.82) is 0 Å². The van der Waals surface area contributed by atoms with Crippen LogP contribution in [0.1, 0.15) is 37.6 Å². The summed E-state index contributed by atoms with van der Waals surface area (Å²) in [7, 11) is 0. The SMILES string of the molecule is CCN(CCC(=O)c1cccc(F)c1F)CC(C)C. The van der Waals surface area contributed by atoms with Gasteiger partial charge in [-0.1, -0.05) is 26.8 Å². The Morgan fingerprint density at radius 1 is 1.32 bits per heavy atom. The lowest BCUT2D eigenvalue weighted by molar-refractivity contribution is 0.0957. The Hall–Kier alpha value is -1.29. The third-order valence-electron chi connectivity index (χ3n) is 2.98. The van der Waals surface area contributed by atoms with E-state index in [1.165, 1.54) is 12.1 Å². The van der Waals surface area contributed by atoms with Gasteiger partial charge in [0, 0.05) is 19.5 Å². The van der Waals surface area contributed by atoms with Gasteiger partial charge in [-0.25, -0.2) is 8.78 Å². The molecule has 0 aliphatic heterocycles. The van der Waals surface area contributed by atoms with Crippen molar-refractivity contribution in [1.82, 2.24) is 4.90 Å². The zero-order chi connectivity index (χ0) is 14.4. The van der Waals surface area contributed by atoms with Gasteiger partial charge >= 0.3 is 0 Å². The van der Waals surface area contributed by atoms with Gasteiger partial charge in [0.1, 0.15) is 0 Å². The zero-order valence-corrected chi connectivity index (χ0v) is 11.7. The molecule has 0 saturated carbocycles. The van der Waals surface area contributed by atoms with Crippen molar-refractivity contribution in [2.75, 3.05) is 19.6 Å². The van der Waals surface area contributed by atoms with E-state index in [9.17, 15) is 13.6 Å². The summed E-state index contributed by atoms with van der Waals surface area (Å²) >= 11 is 0. The molecule has 0 amide bonds. The van der Waals surface area contributed by atoms with Crippen LogP contribution in [0.15, 0.2) is 18.2 Å². The average molecular weight is 269 g/mol. The lowest BCUT2D eigenvalue weighted by Gasteiger charge is -2.22. The molecule has 0 spiro atoms. The van der Waals surface area contributed by atoms with Crippen molar-refractivity contribution in [2.45, 2.75) is 27.2 Å². The number of hydrogen-bond donors (Lipinski definition) is 0. The molecule has 0 aliphatic carbocycles. The third kappa shape index (κ3) is 4.71. The molecule has 0 atom stereocenters. The normalized spacial score (nSPS) is 11.3. The van der Waals surface area contributed by atoms with Gasteiger partial charge in [0.2, 0.25) is 0 Å². The Morgan fingerprint density at radius 3 is 2.58 bits per heavy atom. The Bertz CT molecular complexity index is 432. The molecule has 2 nitrogen and oxygen atoms in total. The maximum Gasteiger partial charge on any atom is 0.169 e. The van der Waals surface area contributed by atoms with Gasteiger partial charge in [0.05, 0.1) is 5.56 Å². The number of halogens is 2. The molecule has 4 heteroatoms. The fourth-order valence-electron chi connectivity index (χ4n) is 2.01. The number of carbonyl (C=O) groups is 1. The average Bonchev–Trinajstić information content (AvgIpc) is 2.37. The second-order valence-corrected chi connectivity index (χ2v) is 5.06. The van der Waals surface area contributed by atoms with Gasteiger partial charge in [-0.15, -0.1) is 0 Å². The molecule has 0 unspecified atom stereocenters. The van der Waals surface area contributed by atoms with Crippen molar-refractivity contribution < 1.29 is 13.6 Å². The van der Waals surface area contributed by atoms with E-state index in [1.54, 1.807) is 0 Å². The quantitative estimate of drug-likeness (QED) is 0.706. The zero-order valence-electron chi connectivity index (χ0n) is 11.7. The van der Waals surface area contributed by atoms with Crippen molar-refractivity contribution in [3.05, 3.63) is 35.4 Å². The highest BCUT2D eigenvalue weighted by Gasteiger charge is 2.16. The summed E-state index contributed by atoms with van der Waals surface area (Å²) in [5.41, 5.74) is -0.152. The number of nitrogens with zero attached hydrogens (tertiary/aromatic N) is 1. The van der Waals surface area contributed by atoms with Crippen LogP contribution in [0.4, 0.5) is 8.78 Å². The number of hydrogen-bond acceptors (Lipinski definition) is 2. The van der Waals surface area contributed by atoms with E-state index in [0.717, 1.165) is 19.2 Å². The number of carbonyl (C=O) groups excluding carboxylic acids is 1. The third-order valence-corrected chi connectivity index (χ3v) is 2.98. The summed E-state index contributed by atoms with van der Waals surface area (Å²) in [5, 5.41) is 0. The minimum absolute atomic E-state index is 0.152. The molecule has 1 rings (SSSR count). The molecule has 0 heterocycles. The summed E-state index contributed by atoms with van der Waals surface area (Å²) < 4.78 is 26.5. The summed E-state index contributed by atoms with van der Waals surface area (Å²) in [6.45, 7) is 8.55. The Labute approximate surface area is 113 Å². The Balaban J connectivity index is 2.62. The molecule has 0 fully saturated rings. The summed E-state index contributed by atoms with van der Waals surface area (Å²) in [5.74, 6) is -1.85. The lowest BCUT2D eigenvalue weighted by atomic mass is 10.1. The van der Waals surface area contributed by atoms with Crippen LogP contribution < -0.4 is 0 Å². The largest absolute Gasteiger partial charge is 0.303 e. The van der Waals surface area contributed by atoms with Crippen LogP contribution in [0, 0.1) is 17.6 Å². The maximum atomic E-state index is 13.5. The van der Waals surface area contributed by atoms with Crippen molar-refractivity contribution in [3.63, 3.8) is 0 Å². The van der Waals surface area contributed by atoms with Crippen LogP contribution in [0.3, 0.4) is 0 Å². The molecule has 19 heavy (non-hydrogen) atoms. The van der Waals surface area contributed by atoms with E-state index >= 15 is 0 Å². The highest BCUT2D eigenvalue weighted by Crippen LogP contribution is 2.13. The first-order valence-corrected chi connectivity index (χ1v) is 6.65. The minimum Gasteiger partial charge on any atom is -0.303 e. The molecule has 0 saturated heterocycles. The smallest absolute Gasteiger partial charge is 0.169 e. The van der Waals surface area contributed by atoms with E-state index in [1.807, 2.05) is 6.92 Å². The van der Waals surface area contributed by atoms with E-state index in [4.69, 9.17) is 0 Å². The van der Waals surface area contributed by atoms with Gasteiger partial charge in [-0.2, -0.15) is 0 Å². The molecular weight excluding hydrogens is 248 g/mol. The summed E-state index contributed by atoms with van der Waals surface area (Å²) in [4.78, 5) is 14.0. The van der Waals surface area contributed by atoms with Gasteiger partial charge in [0.15, 0.2) is 17.4 Å². The monoisotopic (exact) mass is 269 g/mol. The second kappa shape index (κ2) is 7.34. The Kier molecular flexibility index (Phi) is 6.09. The molecular formula is C15H21F2NO. The maximum absolute atomic E-state index is 13.5. The highest BCUT2D eigenvalue weighted by molar-refractivity contribution is 5.96. The number of ketones is 1. The molecule has 0 aromatic heterocycles. The Morgan fingerprint density at radius 2 is 2.00 bits per heavy atom. The first kappa shape index (κ1) is 15.8. The number of Topliss-reactive ketones (excluding diaryl/α,β-unsaturated/α-hetero) is 1. The number of benzene rings is 1. The molecule has 0 radical (unpaired) electrons. The van der Waals surface area contributed by atoms with Crippen molar-refractivity contribution >= 4 is 5.78 Å². The van der Waals surface area contributed by atoms with E-state index in [0.29, 0.717) is 12.5 Å². The van der Waals surface area contributed by atoms with E-state index in [2.05, 4.69) is 18.7 Å². The first-order valence-electron chi connectivity index (χ1n) is 6.65. The highest BCUT2D eigenvalue weighted by atomic mass is 19.2. The first-order chi connectivity index (χ1) is 8.95. The van der Waals surface area contributed by atoms with Gasteiger partial charge in [-0.05, 0) is 24.6 Å². The van der Waals surface area contributed by atoms with Gasteiger partial charge in [-0.3, -0.25) is 4.79 Å². The van der Waals surface area contributed by atoms with Crippen LogP contribution in [-0.2, 0) is 0 Å². The summed E-state index contributed by atoms with van der Waals surface area (Å²) in [6, 6.07) is 3.71. The van der Waals surface area contributed by atoms with Crippen LogP contribution in [0.5, 0.6) is 0 Å². The topological polar surface area (TPSA) is 20.3 Å². The predicted octanol–water partition coefficient (Wildman–Crippen LogP) is 3.52. The van der Waals surface area contributed by atoms with Crippen molar-refractivity contribution in [3.8, 4) is 0 Å². The standard InChI is InChI=1S/C15H21F2NO/c1-4-18(10-11(2)3)9-8-14(19)12-6-5-7-13(16)15(12)17/h5-7,11H,4,8-10H2,1-3H3. The molecule has 0 aliphatic rings. The van der Waals surface area contributed by atoms with Crippen LogP contribution in [0.25, 0.3) is 0 Å². The molecule has 1 aromatic rings. The molecule has 106 valence electrons. The van der Waals surface area contributed by atoms with E-state index in [-0.39, 0.29) is 17.8 Å². The number of rotatable bonds is 7. The molecule has 1 aromatic carbocycles. The van der Waals surface area contributed by atoms with Crippen LogP contribution in [0.2, 0.25) is 0 Å². The fourth-order valence-corrected chi connectivity index (χ4v) is 2.01. The van der Waals surface area contributed by atoms with Gasteiger partial charge < -0.3 is 4.90 Å². The lowest BCUT2D eigenvalue weighted by Crippen LogP contribution is -2.30. The second-order valence-electron chi connectivity index (χ2n) is 5.06. The minimum atomic E-state index is -1.04. The molecule has 0 N–H and O–H groups in total. The van der Waals surface area contributed by atoms with E-state index < -0.39 is 11.6 Å². The summed E-state index contributed by atoms with van der Waals surface area (Å²) in [6.07, 6.45) is 0.209. The molecule has 0 bridgehead atoms. The van der Waals surface area contributed by atoms with Crippen LogP contribution >= 0.6 is 0 Å². The fraction of sp³-hybridized carbons (Fsp3) is 0.533.